The van der Waals surface area contributed by atoms with Crippen LogP contribution in [0.5, 0.6) is 0 Å². The molecule has 1 aliphatic heterocycles. The van der Waals surface area contributed by atoms with Gasteiger partial charge in [0.15, 0.2) is 0 Å². The Kier molecular flexibility index (Phi) is 5.35. The first kappa shape index (κ1) is 18.8. The molecule has 0 amide bonds. The van der Waals surface area contributed by atoms with Crippen molar-refractivity contribution in [3.05, 3.63) is 63.8 Å². The fourth-order valence-corrected chi connectivity index (χ4v) is 3.56. The number of pyridine rings is 1. The topological polar surface area (TPSA) is 107 Å². The lowest BCUT2D eigenvalue weighted by atomic mass is 10.0. The second kappa shape index (κ2) is 7.70. The molecule has 0 saturated carbocycles. The van der Waals surface area contributed by atoms with Gasteiger partial charge in [0.05, 0.1) is 10.5 Å². The number of hydrogen-bond acceptors (Lipinski definition) is 7. The molecule has 1 atom stereocenters. The van der Waals surface area contributed by atoms with Gasteiger partial charge < -0.3 is 10.0 Å². The molecule has 1 unspecified atom stereocenters. The van der Waals surface area contributed by atoms with Crippen molar-refractivity contribution in [1.82, 2.24) is 9.88 Å². The highest BCUT2D eigenvalue weighted by Crippen LogP contribution is 2.31. The molecule has 1 aliphatic rings. The van der Waals surface area contributed by atoms with Gasteiger partial charge in [0.25, 0.3) is 0 Å². The fraction of sp³-hybridized carbons (Fsp3) is 0.368. The SMILES string of the molecule is CN(CC1(O)CCN(Cc2ccccc2)C1)c1nccc(C#N)c1[N+](=O)[O-]. The van der Waals surface area contributed by atoms with E-state index in [1.165, 1.54) is 17.8 Å². The number of nitriles is 1. The summed E-state index contributed by atoms with van der Waals surface area (Å²) < 4.78 is 0. The molecule has 0 radical (unpaired) electrons. The van der Waals surface area contributed by atoms with E-state index in [-0.39, 0.29) is 23.6 Å². The van der Waals surface area contributed by atoms with E-state index >= 15 is 0 Å². The van der Waals surface area contributed by atoms with E-state index in [1.807, 2.05) is 36.4 Å². The van der Waals surface area contributed by atoms with E-state index < -0.39 is 10.5 Å². The van der Waals surface area contributed by atoms with Crippen LogP contribution < -0.4 is 4.90 Å². The van der Waals surface area contributed by atoms with Gasteiger partial charge in [-0.05, 0) is 18.1 Å². The first-order chi connectivity index (χ1) is 12.9. The second-order valence-electron chi connectivity index (χ2n) is 6.93. The Morgan fingerprint density at radius 2 is 2.15 bits per heavy atom. The molecule has 8 nitrogen and oxygen atoms in total. The first-order valence-corrected chi connectivity index (χ1v) is 8.65. The van der Waals surface area contributed by atoms with Crippen molar-refractivity contribution < 1.29 is 10.0 Å². The summed E-state index contributed by atoms with van der Waals surface area (Å²) in [4.78, 5) is 18.6. The molecule has 3 rings (SSSR count). The number of rotatable bonds is 6. The molecule has 27 heavy (non-hydrogen) atoms. The molecule has 0 bridgehead atoms. The molecule has 140 valence electrons. The van der Waals surface area contributed by atoms with Gasteiger partial charge in [-0.15, -0.1) is 0 Å². The van der Waals surface area contributed by atoms with Crippen molar-refractivity contribution in [3.8, 4) is 6.07 Å². The van der Waals surface area contributed by atoms with Crippen LogP contribution in [0.2, 0.25) is 0 Å². The normalized spacial score (nSPS) is 19.6. The van der Waals surface area contributed by atoms with E-state index in [9.17, 15) is 15.2 Å². The largest absolute Gasteiger partial charge is 0.387 e. The molecule has 8 heteroatoms. The van der Waals surface area contributed by atoms with Crippen molar-refractivity contribution in [2.45, 2.75) is 18.6 Å². The number of aromatic nitrogens is 1. The third-order valence-corrected chi connectivity index (χ3v) is 4.76. The van der Waals surface area contributed by atoms with Crippen LogP contribution in [0.25, 0.3) is 0 Å². The summed E-state index contributed by atoms with van der Waals surface area (Å²) in [6, 6.07) is 13.2. The smallest absolute Gasteiger partial charge is 0.329 e. The van der Waals surface area contributed by atoms with Gasteiger partial charge >= 0.3 is 5.69 Å². The average Bonchev–Trinajstić information content (AvgIpc) is 3.01. The van der Waals surface area contributed by atoms with Gasteiger partial charge in [0, 0.05) is 39.4 Å². The number of nitro groups is 1. The summed E-state index contributed by atoms with van der Waals surface area (Å²) in [5.41, 5.74) is -0.192. The number of likely N-dealkylation sites (N-methyl/N-ethyl adjacent to an activating group) is 1. The number of hydrogen-bond donors (Lipinski definition) is 1. The maximum absolute atomic E-state index is 11.4. The van der Waals surface area contributed by atoms with Crippen LogP contribution in [0.4, 0.5) is 11.5 Å². The molecule has 1 aromatic heterocycles. The Morgan fingerprint density at radius 1 is 1.41 bits per heavy atom. The van der Waals surface area contributed by atoms with E-state index in [0.717, 1.165) is 13.1 Å². The number of β-amino-alcohol motifs (C(OH)–C–C–N with tert-alkyl or cyclic N) is 1. The summed E-state index contributed by atoms with van der Waals surface area (Å²) in [6.45, 7) is 2.15. The Hall–Kier alpha value is -3.02. The maximum atomic E-state index is 11.4. The zero-order chi connectivity index (χ0) is 19.4. The van der Waals surface area contributed by atoms with Gasteiger partial charge in [-0.2, -0.15) is 5.26 Å². The zero-order valence-corrected chi connectivity index (χ0v) is 15.1. The number of benzene rings is 1. The van der Waals surface area contributed by atoms with Crippen LogP contribution in [-0.4, -0.2) is 52.2 Å². The predicted octanol–water partition coefficient (Wildman–Crippen LogP) is 1.93. The Bertz CT molecular complexity index is 867. The Morgan fingerprint density at radius 3 is 2.81 bits per heavy atom. The minimum absolute atomic E-state index is 0.0408. The van der Waals surface area contributed by atoms with E-state index in [4.69, 9.17) is 5.26 Å². The Labute approximate surface area is 157 Å². The molecule has 1 saturated heterocycles. The zero-order valence-electron chi connectivity index (χ0n) is 15.1. The first-order valence-electron chi connectivity index (χ1n) is 8.65. The van der Waals surface area contributed by atoms with Crippen LogP contribution in [0.15, 0.2) is 42.6 Å². The average molecular weight is 367 g/mol. The van der Waals surface area contributed by atoms with Gasteiger partial charge in [-0.25, -0.2) is 4.98 Å². The quantitative estimate of drug-likeness (QED) is 0.614. The van der Waals surface area contributed by atoms with Crippen LogP contribution in [0, 0.1) is 21.4 Å². The Balaban J connectivity index is 1.72. The van der Waals surface area contributed by atoms with Crippen molar-refractivity contribution in [1.29, 1.82) is 5.26 Å². The molecule has 2 heterocycles. The maximum Gasteiger partial charge on any atom is 0.329 e. The highest BCUT2D eigenvalue weighted by molar-refractivity contribution is 5.65. The minimum Gasteiger partial charge on any atom is -0.387 e. The minimum atomic E-state index is -0.998. The summed E-state index contributed by atoms with van der Waals surface area (Å²) in [5, 5.41) is 31.5. The van der Waals surface area contributed by atoms with Crippen LogP contribution in [0.3, 0.4) is 0 Å². The predicted molar refractivity (Wildman–Crippen MR) is 100 cm³/mol. The van der Waals surface area contributed by atoms with E-state index in [1.54, 1.807) is 11.9 Å². The van der Waals surface area contributed by atoms with Crippen molar-refractivity contribution in [2.24, 2.45) is 0 Å². The lowest BCUT2D eigenvalue weighted by molar-refractivity contribution is -0.384. The lowest BCUT2D eigenvalue weighted by Crippen LogP contribution is -2.44. The van der Waals surface area contributed by atoms with Gasteiger partial charge in [-0.3, -0.25) is 15.0 Å². The van der Waals surface area contributed by atoms with Gasteiger partial charge in [0.2, 0.25) is 5.82 Å². The second-order valence-corrected chi connectivity index (χ2v) is 6.93. The molecule has 1 N–H and O–H groups in total. The monoisotopic (exact) mass is 367 g/mol. The highest BCUT2D eigenvalue weighted by atomic mass is 16.6. The molecule has 1 aromatic carbocycles. The lowest BCUT2D eigenvalue weighted by Gasteiger charge is -2.29. The van der Waals surface area contributed by atoms with Crippen LogP contribution in [0.1, 0.15) is 17.5 Å². The summed E-state index contributed by atoms with van der Waals surface area (Å²) in [6.07, 6.45) is 1.94. The fourth-order valence-electron chi connectivity index (χ4n) is 3.56. The highest BCUT2D eigenvalue weighted by Gasteiger charge is 2.38. The summed E-state index contributed by atoms with van der Waals surface area (Å²) in [7, 11) is 1.65. The standard InChI is InChI=1S/C19H21N5O3/c1-22(18-17(24(26)27)16(11-20)7-9-21-18)13-19(25)8-10-23(14-19)12-15-5-3-2-4-6-15/h2-7,9,25H,8,10,12-14H2,1H3. The van der Waals surface area contributed by atoms with Crippen LogP contribution >= 0.6 is 0 Å². The third kappa shape index (κ3) is 4.22. The van der Waals surface area contributed by atoms with E-state index in [2.05, 4.69) is 9.88 Å². The number of anilines is 1. The molecule has 2 aromatic rings. The molecule has 1 fully saturated rings. The van der Waals surface area contributed by atoms with Crippen molar-refractivity contribution in [2.75, 3.05) is 31.6 Å². The summed E-state index contributed by atoms with van der Waals surface area (Å²) >= 11 is 0. The van der Waals surface area contributed by atoms with Crippen molar-refractivity contribution >= 4 is 11.5 Å². The molecule has 0 spiro atoms. The van der Waals surface area contributed by atoms with Crippen molar-refractivity contribution in [3.63, 3.8) is 0 Å². The van der Waals surface area contributed by atoms with Crippen LogP contribution in [-0.2, 0) is 6.54 Å². The van der Waals surface area contributed by atoms with E-state index in [0.29, 0.717) is 13.0 Å². The third-order valence-electron chi connectivity index (χ3n) is 4.76. The van der Waals surface area contributed by atoms with Gasteiger partial charge in [-0.1, -0.05) is 30.3 Å². The number of nitrogens with zero attached hydrogens (tertiary/aromatic N) is 5. The summed E-state index contributed by atoms with van der Waals surface area (Å²) in [5.74, 6) is 0.0917. The molecular formula is C19H21N5O3. The molecular weight excluding hydrogens is 346 g/mol. The van der Waals surface area contributed by atoms with Gasteiger partial charge in [0.1, 0.15) is 11.6 Å². The molecule has 0 aliphatic carbocycles. The number of aliphatic hydroxyl groups is 1. The number of likely N-dealkylation sites (tertiary alicyclic amines) is 1.